The molecule has 0 N–H and O–H groups in total. The molecule has 0 bridgehead atoms. The van der Waals surface area contributed by atoms with Crippen molar-refractivity contribution in [2.24, 2.45) is 7.05 Å². The molecule has 0 aliphatic heterocycles. The Morgan fingerprint density at radius 2 is 1.65 bits per heavy atom. The number of halogens is 6. The van der Waals surface area contributed by atoms with Crippen LogP contribution in [0.15, 0.2) is 90.3 Å². The van der Waals surface area contributed by atoms with Crippen molar-refractivity contribution in [3.8, 4) is 22.4 Å². The maximum Gasteiger partial charge on any atom is 0.493 e. The Labute approximate surface area is 239 Å². The molecule has 0 aliphatic rings. The molecule has 2 aromatic heterocycles. The van der Waals surface area contributed by atoms with Crippen LogP contribution in [0.2, 0.25) is 0 Å². The Kier molecular flexibility index (Phi) is 7.33. The lowest BCUT2D eigenvalue weighted by molar-refractivity contribution is -0.199. The number of carbonyl (C=O) groups excluding carboxylic acids is 1. The van der Waals surface area contributed by atoms with Crippen LogP contribution in [0, 0.1) is 0 Å². The Morgan fingerprint density at radius 1 is 0.884 bits per heavy atom. The zero-order valence-corrected chi connectivity index (χ0v) is 22.4. The van der Waals surface area contributed by atoms with Gasteiger partial charge in [0.15, 0.2) is 5.82 Å². The van der Waals surface area contributed by atoms with Crippen molar-refractivity contribution in [1.82, 2.24) is 19.7 Å². The highest BCUT2D eigenvalue weighted by Gasteiger charge is 2.45. The highest BCUT2D eigenvalue weighted by molar-refractivity contribution is 7.92. The van der Waals surface area contributed by atoms with Crippen molar-refractivity contribution >= 4 is 32.6 Å². The van der Waals surface area contributed by atoms with Gasteiger partial charge in [0, 0.05) is 31.1 Å². The zero-order valence-electron chi connectivity index (χ0n) is 21.6. The Hall–Kier alpha value is -4.99. The number of hydrogen-bond acceptors (Lipinski definition) is 7. The third-order valence-corrected chi connectivity index (χ3v) is 7.80. The highest BCUT2D eigenvalue weighted by Crippen LogP contribution is 2.40. The monoisotopic (exact) mass is 621 g/mol. The number of aryl methyl sites for hydroxylation is 1. The second-order valence-corrected chi connectivity index (χ2v) is 10.7. The fraction of sp³-hybridized carbons (Fsp3) is 0.111. The molecular weight excluding hydrogens is 604 g/mol. The van der Waals surface area contributed by atoms with Gasteiger partial charge in [0.1, 0.15) is 6.33 Å². The largest absolute Gasteiger partial charge is 0.493 e. The van der Waals surface area contributed by atoms with E-state index < -0.39 is 44.6 Å². The molecule has 5 aromatic rings. The summed E-state index contributed by atoms with van der Waals surface area (Å²) in [5.41, 5.74) is 0.499. The van der Waals surface area contributed by atoms with Crippen molar-refractivity contribution in [3.63, 3.8) is 0 Å². The number of rotatable bonds is 6. The predicted octanol–water partition coefficient (Wildman–Crippen LogP) is 5.93. The molecule has 9 nitrogen and oxygen atoms in total. The molecule has 5 rings (SSSR count). The van der Waals surface area contributed by atoms with Gasteiger partial charge in [-0.15, -0.1) is 0 Å². The summed E-state index contributed by atoms with van der Waals surface area (Å²) in [6.07, 6.45) is -6.85. The summed E-state index contributed by atoms with van der Waals surface area (Å²) >= 11 is 0. The second-order valence-electron chi connectivity index (χ2n) is 8.96. The van der Waals surface area contributed by atoms with E-state index >= 15 is 0 Å². The maximum absolute atomic E-state index is 13.6. The molecule has 0 saturated carbocycles. The van der Waals surface area contributed by atoms with Crippen LogP contribution in [-0.4, -0.2) is 40.3 Å². The van der Waals surface area contributed by atoms with Gasteiger partial charge in [0.2, 0.25) is 0 Å². The highest BCUT2D eigenvalue weighted by atomic mass is 32.2. The summed E-state index contributed by atoms with van der Waals surface area (Å²) in [7, 11) is -3.42. The van der Waals surface area contributed by atoms with E-state index in [4.69, 9.17) is 0 Å². The Morgan fingerprint density at radius 3 is 2.28 bits per heavy atom. The van der Waals surface area contributed by atoms with Crippen LogP contribution in [0.25, 0.3) is 33.2 Å². The van der Waals surface area contributed by atoms with Crippen molar-refractivity contribution in [2.75, 3.05) is 4.47 Å². The fourth-order valence-electron chi connectivity index (χ4n) is 4.30. The Balaban J connectivity index is 1.65. The standard InChI is InChI=1S/C27H17F6N5O4S/c1-37-23(9-12-36-37)22-14-17(26(28,29)30)5-7-21(22)20-4-2-3-16-13-18(6-8-19(16)20)43(40,41)38(24-10-11-34-15-35-24)42-25(39)27(31,32)33/h2-15H,1H3. The van der Waals surface area contributed by atoms with Gasteiger partial charge in [-0.3, -0.25) is 4.68 Å². The molecule has 0 fully saturated rings. The molecule has 0 saturated heterocycles. The van der Waals surface area contributed by atoms with E-state index in [0.29, 0.717) is 22.2 Å². The van der Waals surface area contributed by atoms with Gasteiger partial charge >= 0.3 is 18.3 Å². The average Bonchev–Trinajstić information content (AvgIpc) is 3.39. The van der Waals surface area contributed by atoms with Crippen LogP contribution in [-0.2, 0) is 32.9 Å². The molecule has 2 heterocycles. The number of fused-ring (bicyclic) bond motifs is 1. The van der Waals surface area contributed by atoms with Crippen molar-refractivity contribution in [3.05, 3.63) is 91.0 Å². The lowest BCUT2D eigenvalue weighted by Crippen LogP contribution is -2.39. The van der Waals surface area contributed by atoms with Crippen molar-refractivity contribution in [2.45, 2.75) is 17.2 Å². The fourth-order valence-corrected chi connectivity index (χ4v) is 5.52. The lowest BCUT2D eigenvalue weighted by Gasteiger charge is -2.22. The molecule has 0 atom stereocenters. The summed E-state index contributed by atoms with van der Waals surface area (Å²) in [5.74, 6) is -3.48. The number of nitrogens with zero attached hydrogens (tertiary/aromatic N) is 5. The summed E-state index contributed by atoms with van der Waals surface area (Å²) in [4.78, 5) is 22.4. The van der Waals surface area contributed by atoms with Gasteiger partial charge in [-0.1, -0.05) is 34.8 Å². The Bertz CT molecular complexity index is 1940. The molecule has 43 heavy (non-hydrogen) atoms. The average molecular weight is 622 g/mol. The van der Waals surface area contributed by atoms with E-state index in [9.17, 15) is 39.6 Å². The molecule has 222 valence electrons. The molecule has 0 radical (unpaired) electrons. The van der Waals surface area contributed by atoms with Crippen LogP contribution >= 0.6 is 0 Å². The van der Waals surface area contributed by atoms with E-state index in [1.165, 1.54) is 35.1 Å². The van der Waals surface area contributed by atoms with E-state index in [1.54, 1.807) is 19.2 Å². The minimum atomic E-state index is -5.52. The van der Waals surface area contributed by atoms with Crippen LogP contribution < -0.4 is 4.47 Å². The number of sulfonamides is 1. The molecule has 0 amide bonds. The quantitative estimate of drug-likeness (QED) is 0.171. The minimum Gasteiger partial charge on any atom is -0.315 e. The number of anilines is 1. The summed E-state index contributed by atoms with van der Waals surface area (Å²) in [5, 5.41) is 4.72. The second kappa shape index (κ2) is 10.7. The molecule has 0 spiro atoms. The minimum absolute atomic E-state index is 0.202. The maximum atomic E-state index is 13.6. The first-order chi connectivity index (χ1) is 20.2. The molecule has 16 heteroatoms. The number of alkyl halides is 6. The lowest BCUT2D eigenvalue weighted by atomic mass is 9.92. The summed E-state index contributed by atoms with van der Waals surface area (Å²) < 4.78 is 108. The normalized spacial score (nSPS) is 12.3. The number of hydrogen-bond donors (Lipinski definition) is 0. The number of carbonyl (C=O) groups is 1. The van der Waals surface area contributed by atoms with Gasteiger partial charge in [-0.2, -0.15) is 39.9 Å². The van der Waals surface area contributed by atoms with Gasteiger partial charge in [-0.25, -0.2) is 14.8 Å². The van der Waals surface area contributed by atoms with E-state index in [2.05, 4.69) is 19.9 Å². The van der Waals surface area contributed by atoms with Gasteiger partial charge in [-0.05, 0) is 52.2 Å². The molecular formula is C27H17F6N5O4S. The smallest absolute Gasteiger partial charge is 0.315 e. The number of benzene rings is 3. The summed E-state index contributed by atoms with van der Waals surface area (Å²) in [6, 6.07) is 13.8. The molecule has 0 aliphatic carbocycles. The predicted molar refractivity (Wildman–Crippen MR) is 140 cm³/mol. The van der Waals surface area contributed by atoms with Crippen molar-refractivity contribution in [1.29, 1.82) is 0 Å². The first-order valence-electron chi connectivity index (χ1n) is 12.0. The molecule has 0 unspecified atom stereocenters. The van der Waals surface area contributed by atoms with Gasteiger partial charge in [0.05, 0.1) is 16.2 Å². The van der Waals surface area contributed by atoms with Crippen LogP contribution in [0.3, 0.4) is 0 Å². The first-order valence-corrected chi connectivity index (χ1v) is 13.4. The van der Waals surface area contributed by atoms with E-state index in [1.807, 2.05) is 0 Å². The third kappa shape index (κ3) is 5.73. The van der Waals surface area contributed by atoms with Gasteiger partial charge in [0.25, 0.3) is 10.0 Å². The van der Waals surface area contributed by atoms with Crippen LogP contribution in [0.4, 0.5) is 32.2 Å². The van der Waals surface area contributed by atoms with Gasteiger partial charge < -0.3 is 4.84 Å². The van der Waals surface area contributed by atoms with E-state index in [0.717, 1.165) is 42.9 Å². The summed E-state index contributed by atoms with van der Waals surface area (Å²) in [6.45, 7) is 0. The SMILES string of the molecule is Cn1nccc1-c1cc(C(F)(F)F)ccc1-c1cccc2cc(S(=O)(=O)N(OC(=O)C(F)(F)F)c3ccncn3)ccc12. The zero-order chi connectivity index (χ0) is 31.2. The topological polar surface area (TPSA) is 107 Å². The van der Waals surface area contributed by atoms with E-state index in [-0.39, 0.29) is 15.4 Å². The van der Waals surface area contributed by atoms with Crippen LogP contribution in [0.5, 0.6) is 0 Å². The first kappa shape index (κ1) is 29.5. The third-order valence-electron chi connectivity index (χ3n) is 6.25. The van der Waals surface area contributed by atoms with Crippen LogP contribution in [0.1, 0.15) is 5.56 Å². The van der Waals surface area contributed by atoms with Crippen molar-refractivity contribution < 1.29 is 44.4 Å². The molecule has 3 aromatic carbocycles. The number of aromatic nitrogens is 4.